The second-order valence-electron chi connectivity index (χ2n) is 12.2. The summed E-state index contributed by atoms with van der Waals surface area (Å²) in [5, 5.41) is 1.84. The van der Waals surface area contributed by atoms with Gasteiger partial charge in [-0.25, -0.2) is 0 Å². The molecular formula is C33H43NO2S4. The van der Waals surface area contributed by atoms with Crippen molar-refractivity contribution in [2.45, 2.75) is 80.1 Å². The maximum atomic E-state index is 6.64. The van der Waals surface area contributed by atoms with Gasteiger partial charge >= 0.3 is 0 Å². The fourth-order valence-corrected chi connectivity index (χ4v) is 9.17. The van der Waals surface area contributed by atoms with Gasteiger partial charge in [-0.1, -0.05) is 71.9 Å². The molecule has 0 unspecified atom stereocenters. The molecule has 40 heavy (non-hydrogen) atoms. The molecule has 3 nitrogen and oxygen atoms in total. The van der Waals surface area contributed by atoms with Gasteiger partial charge in [0.2, 0.25) is 0 Å². The van der Waals surface area contributed by atoms with E-state index in [4.69, 9.17) is 15.2 Å². The molecule has 6 bridgehead atoms. The van der Waals surface area contributed by atoms with Crippen molar-refractivity contribution >= 4 is 52.7 Å². The zero-order valence-corrected chi connectivity index (χ0v) is 28.4. The molecule has 0 fully saturated rings. The van der Waals surface area contributed by atoms with E-state index in [-0.39, 0.29) is 10.8 Å². The lowest BCUT2D eigenvalue weighted by Gasteiger charge is -2.26. The molecule has 0 atom stereocenters. The molecule has 1 aliphatic rings. The summed E-state index contributed by atoms with van der Waals surface area (Å²) in [6.45, 7) is 13.7. The summed E-state index contributed by atoms with van der Waals surface area (Å²) in [5.74, 6) is 3.73. The number of anilines is 1. The zero-order chi connectivity index (χ0) is 29.1. The maximum absolute atomic E-state index is 6.64. The number of nitrogen functional groups attached to an aromatic ring is 1. The van der Waals surface area contributed by atoms with Crippen LogP contribution in [-0.2, 0) is 28.8 Å². The third-order valence-electron chi connectivity index (χ3n) is 7.18. The summed E-state index contributed by atoms with van der Waals surface area (Å²) in [6.07, 6.45) is 0.753. The minimum atomic E-state index is 0.0188. The third-order valence-corrected chi connectivity index (χ3v) is 11.7. The Labute approximate surface area is 258 Å². The van der Waals surface area contributed by atoms with Crippen molar-refractivity contribution in [1.29, 1.82) is 0 Å². The van der Waals surface area contributed by atoms with Crippen LogP contribution in [-0.4, -0.2) is 24.4 Å². The molecule has 1 heterocycles. The maximum Gasteiger partial charge on any atom is 0.135 e. The van der Waals surface area contributed by atoms with Crippen LogP contribution in [0.2, 0.25) is 0 Å². The van der Waals surface area contributed by atoms with Crippen molar-refractivity contribution in [2.24, 2.45) is 0 Å². The SMILES string of the molecule is COc1c2cc(C(C)(C)C)cc1SCSCc1cccc(c1N)CSCSc1cc(C(C)(C)C)cc(c1OC)C2. The smallest absolute Gasteiger partial charge is 0.135 e. The molecule has 1 aliphatic heterocycles. The summed E-state index contributed by atoms with van der Waals surface area (Å²) < 4.78 is 12.2. The van der Waals surface area contributed by atoms with Gasteiger partial charge in [-0.05, 0) is 45.2 Å². The van der Waals surface area contributed by atoms with Crippen molar-refractivity contribution < 1.29 is 9.47 Å². The molecule has 0 saturated heterocycles. The van der Waals surface area contributed by atoms with Crippen LogP contribution in [0.1, 0.15) is 74.9 Å². The van der Waals surface area contributed by atoms with Gasteiger partial charge in [0.1, 0.15) is 11.5 Å². The van der Waals surface area contributed by atoms with Crippen molar-refractivity contribution in [2.75, 3.05) is 30.1 Å². The monoisotopic (exact) mass is 613 g/mol. The topological polar surface area (TPSA) is 44.5 Å². The molecule has 2 N–H and O–H groups in total. The molecule has 0 aliphatic carbocycles. The Morgan fingerprint density at radius 2 is 1.07 bits per heavy atom. The lowest BCUT2D eigenvalue weighted by molar-refractivity contribution is 0.394. The second kappa shape index (κ2) is 13.2. The van der Waals surface area contributed by atoms with Crippen LogP contribution < -0.4 is 15.2 Å². The van der Waals surface area contributed by atoms with E-state index in [1.165, 1.54) is 43.2 Å². The number of methoxy groups -OCH3 is 2. The molecule has 216 valence electrons. The van der Waals surface area contributed by atoms with Gasteiger partial charge in [0, 0.05) is 44.9 Å². The first-order chi connectivity index (χ1) is 18.9. The van der Waals surface area contributed by atoms with Crippen LogP contribution in [0.4, 0.5) is 5.69 Å². The van der Waals surface area contributed by atoms with E-state index in [1.807, 2.05) is 47.0 Å². The van der Waals surface area contributed by atoms with Gasteiger partial charge in [0.05, 0.1) is 24.0 Å². The van der Waals surface area contributed by atoms with Crippen LogP contribution in [0.5, 0.6) is 11.5 Å². The Balaban J connectivity index is 1.87. The van der Waals surface area contributed by atoms with E-state index in [2.05, 4.69) is 84.0 Å². The molecule has 0 saturated carbocycles. The van der Waals surface area contributed by atoms with Crippen LogP contribution >= 0.6 is 47.0 Å². The van der Waals surface area contributed by atoms with Crippen LogP contribution in [0.25, 0.3) is 0 Å². The predicted molar refractivity (Wildman–Crippen MR) is 181 cm³/mol. The fourth-order valence-electron chi connectivity index (χ4n) is 4.76. The Morgan fingerprint density at radius 1 is 0.650 bits per heavy atom. The number of nitrogens with two attached hydrogens (primary N) is 1. The van der Waals surface area contributed by atoms with Crippen molar-refractivity contribution in [3.05, 3.63) is 75.8 Å². The van der Waals surface area contributed by atoms with E-state index in [1.54, 1.807) is 14.2 Å². The lowest BCUT2D eigenvalue weighted by atomic mass is 9.83. The summed E-state index contributed by atoms with van der Waals surface area (Å²) in [5.41, 5.74) is 15.1. The standard InChI is InChI=1S/C33H43NO2S4/c1-32(2,3)25-13-23-12-24-14-26(33(4,5)6)16-28(31(24)36-8)40-20-38-18-22-11-9-10-21(29(22)34)17-37-19-39-27(15-25)30(23)35-7/h9-11,13-16H,12,17-20,34H2,1-8H3. The Hall–Kier alpha value is -1.54. The molecule has 4 rings (SSSR count). The van der Waals surface area contributed by atoms with E-state index < -0.39 is 0 Å². The Morgan fingerprint density at radius 3 is 1.45 bits per heavy atom. The number of ether oxygens (including phenoxy) is 2. The first-order valence-electron chi connectivity index (χ1n) is 13.6. The van der Waals surface area contributed by atoms with Gasteiger partial charge in [-0.2, -0.15) is 0 Å². The number of hydrogen-bond donors (Lipinski definition) is 1. The highest BCUT2D eigenvalue weighted by Crippen LogP contribution is 2.44. The molecule has 3 aromatic carbocycles. The van der Waals surface area contributed by atoms with Gasteiger partial charge in [-0.3, -0.25) is 0 Å². The van der Waals surface area contributed by atoms with Gasteiger partial charge in [0.25, 0.3) is 0 Å². The zero-order valence-electron chi connectivity index (χ0n) is 25.1. The first kappa shape index (κ1) is 31.4. The minimum Gasteiger partial charge on any atom is -0.495 e. The Bertz CT molecular complexity index is 1240. The molecular weight excluding hydrogens is 571 g/mol. The second-order valence-corrected chi connectivity index (χ2v) is 17.0. The van der Waals surface area contributed by atoms with E-state index >= 15 is 0 Å². The van der Waals surface area contributed by atoms with Gasteiger partial charge in [0.15, 0.2) is 0 Å². The molecule has 0 radical (unpaired) electrons. The summed E-state index contributed by atoms with van der Waals surface area (Å²) >= 11 is 7.53. The third kappa shape index (κ3) is 7.45. The average molecular weight is 614 g/mol. The van der Waals surface area contributed by atoms with Gasteiger partial charge < -0.3 is 15.2 Å². The van der Waals surface area contributed by atoms with Crippen LogP contribution in [0.3, 0.4) is 0 Å². The highest BCUT2D eigenvalue weighted by Gasteiger charge is 2.24. The largest absolute Gasteiger partial charge is 0.495 e. The molecule has 3 aromatic rings. The summed E-state index contributed by atoms with van der Waals surface area (Å²) in [6, 6.07) is 15.8. The molecule has 7 heteroatoms. The predicted octanol–water partition coefficient (Wildman–Crippen LogP) is 9.75. The fraction of sp³-hybridized carbons (Fsp3) is 0.455. The number of fused-ring (bicyclic) bond motifs is 6. The number of thioether (sulfide) groups is 4. The highest BCUT2D eigenvalue weighted by atomic mass is 32.2. The van der Waals surface area contributed by atoms with Gasteiger partial charge in [-0.15, -0.1) is 47.0 Å². The molecule has 0 amide bonds. The first-order valence-corrected chi connectivity index (χ1v) is 17.9. The lowest BCUT2D eigenvalue weighted by Crippen LogP contribution is -2.14. The number of rotatable bonds is 2. The van der Waals surface area contributed by atoms with E-state index in [0.717, 1.165) is 45.3 Å². The van der Waals surface area contributed by atoms with Crippen LogP contribution in [0, 0.1) is 0 Å². The van der Waals surface area contributed by atoms with Crippen LogP contribution in [0.15, 0.2) is 52.3 Å². The quantitative estimate of drug-likeness (QED) is 0.289. The van der Waals surface area contributed by atoms with E-state index in [9.17, 15) is 0 Å². The van der Waals surface area contributed by atoms with Crippen molar-refractivity contribution in [3.8, 4) is 11.5 Å². The average Bonchev–Trinajstić information content (AvgIpc) is 2.88. The summed E-state index contributed by atoms with van der Waals surface area (Å²) in [7, 11) is 3.60. The number of benzene rings is 3. The highest BCUT2D eigenvalue weighted by molar-refractivity contribution is 8.16. The number of hydrogen-bond acceptors (Lipinski definition) is 7. The summed E-state index contributed by atoms with van der Waals surface area (Å²) in [4.78, 5) is 2.38. The molecule has 0 aromatic heterocycles. The normalized spacial score (nSPS) is 15.2. The Kier molecular flexibility index (Phi) is 10.3. The minimum absolute atomic E-state index is 0.0188. The van der Waals surface area contributed by atoms with Crippen molar-refractivity contribution in [3.63, 3.8) is 0 Å². The van der Waals surface area contributed by atoms with Crippen molar-refractivity contribution in [1.82, 2.24) is 0 Å². The molecule has 0 spiro atoms. The van der Waals surface area contributed by atoms with E-state index in [0.29, 0.717) is 0 Å². The number of para-hydroxylation sites is 1.